The summed E-state index contributed by atoms with van der Waals surface area (Å²) in [7, 11) is 0. The largest absolute Gasteiger partial charge is 0.477 e. The second kappa shape index (κ2) is 13.6. The van der Waals surface area contributed by atoms with Crippen LogP contribution < -0.4 is 11.1 Å². The maximum Gasteiger partial charge on any atom is 0.248 e. The van der Waals surface area contributed by atoms with Crippen molar-refractivity contribution < 1.29 is 19.4 Å². The van der Waals surface area contributed by atoms with E-state index < -0.39 is 17.7 Å². The molecule has 0 saturated carbocycles. The molecule has 0 radical (unpaired) electrons. The van der Waals surface area contributed by atoms with Crippen LogP contribution in [0.15, 0.2) is 71.9 Å². The fourth-order valence-corrected chi connectivity index (χ4v) is 5.44. The predicted octanol–water partition coefficient (Wildman–Crippen LogP) is 3.85. The maximum absolute atomic E-state index is 14.1. The number of likely N-dealkylation sites (tertiary alicyclic amines) is 1. The van der Waals surface area contributed by atoms with Gasteiger partial charge in [-0.2, -0.15) is 0 Å². The zero-order valence-corrected chi connectivity index (χ0v) is 24.1. The van der Waals surface area contributed by atoms with Crippen LogP contribution in [0.5, 0.6) is 0 Å². The number of hydrogen-bond donors (Lipinski definition) is 3. The number of amides is 1. The van der Waals surface area contributed by atoms with Crippen LogP contribution in [0.4, 0.5) is 0 Å². The fourth-order valence-electron chi connectivity index (χ4n) is 5.23. The van der Waals surface area contributed by atoms with Gasteiger partial charge < -0.3 is 30.5 Å². The molecule has 2 aromatic carbocycles. The Labute approximate surface area is 242 Å². The van der Waals surface area contributed by atoms with Crippen molar-refractivity contribution in [3.05, 3.63) is 83.0 Å². The number of nitrogens with two attached hydrogens (primary N) is 1. The molecule has 2 aromatic rings. The number of carbonyl (C=O) groups excluding carboxylic acids is 1. The molecule has 1 saturated heterocycles. The second-order valence-corrected chi connectivity index (χ2v) is 11.2. The first-order valence-corrected chi connectivity index (χ1v) is 14.4. The molecule has 5 atom stereocenters. The van der Waals surface area contributed by atoms with E-state index in [0.29, 0.717) is 42.6 Å². The topological polar surface area (TPSA) is 109 Å². The number of nitrogens with zero attached hydrogens (tertiary/aromatic N) is 2. The van der Waals surface area contributed by atoms with E-state index in [1.165, 1.54) is 0 Å². The number of rotatable bonds is 13. The zero-order valence-electron chi connectivity index (χ0n) is 23.4. The molecule has 9 heteroatoms. The molecule has 0 bridgehead atoms. The summed E-state index contributed by atoms with van der Waals surface area (Å²) in [4.78, 5) is 20.8. The van der Waals surface area contributed by atoms with Gasteiger partial charge in [0.15, 0.2) is 0 Å². The highest BCUT2D eigenvalue weighted by molar-refractivity contribution is 6.30. The van der Waals surface area contributed by atoms with Crippen molar-refractivity contribution in [1.29, 1.82) is 0 Å². The monoisotopic (exact) mass is 568 g/mol. The van der Waals surface area contributed by atoms with Crippen molar-refractivity contribution in [2.75, 3.05) is 19.8 Å². The molecule has 0 aromatic heterocycles. The first kappa shape index (κ1) is 30.1. The summed E-state index contributed by atoms with van der Waals surface area (Å²) in [6, 6.07) is 16.1. The third-order valence-corrected chi connectivity index (χ3v) is 7.93. The lowest BCUT2D eigenvalue weighted by molar-refractivity contribution is -0.137. The van der Waals surface area contributed by atoms with Crippen LogP contribution in [0.3, 0.4) is 0 Å². The van der Waals surface area contributed by atoms with Crippen molar-refractivity contribution in [2.24, 2.45) is 10.7 Å². The van der Waals surface area contributed by atoms with Gasteiger partial charge in [-0.05, 0) is 49.4 Å². The van der Waals surface area contributed by atoms with Crippen molar-refractivity contribution in [2.45, 2.75) is 75.9 Å². The minimum absolute atomic E-state index is 0.116. The first-order chi connectivity index (χ1) is 19.2. The number of aliphatic hydroxyl groups is 1. The van der Waals surface area contributed by atoms with E-state index >= 15 is 0 Å². The molecular formula is C31H41ClN4O4. The van der Waals surface area contributed by atoms with E-state index in [2.05, 4.69) is 11.9 Å². The Morgan fingerprint density at radius 1 is 1.30 bits per heavy atom. The minimum Gasteiger partial charge on any atom is -0.477 e. The Hall–Kier alpha value is -2.91. The van der Waals surface area contributed by atoms with Crippen molar-refractivity contribution in [1.82, 2.24) is 10.2 Å². The summed E-state index contributed by atoms with van der Waals surface area (Å²) in [5.41, 5.74) is 8.00. The molecule has 40 heavy (non-hydrogen) atoms. The molecular weight excluding hydrogens is 528 g/mol. The van der Waals surface area contributed by atoms with Gasteiger partial charge >= 0.3 is 0 Å². The lowest BCUT2D eigenvalue weighted by Crippen LogP contribution is -2.55. The van der Waals surface area contributed by atoms with Crippen LogP contribution in [0.2, 0.25) is 5.02 Å². The van der Waals surface area contributed by atoms with Gasteiger partial charge in [0.1, 0.15) is 24.2 Å². The lowest BCUT2D eigenvalue weighted by Gasteiger charge is -2.33. The zero-order chi connectivity index (χ0) is 28.7. The van der Waals surface area contributed by atoms with E-state index in [1.54, 1.807) is 0 Å². The SMILES string of the molecule is C=C(NC(C(=O)N1CCCC1C1=N[C@](CO)(Cc2cccc(Cl)c2)CO1)C(C)OCc1ccccc1)C(N)CC. The summed E-state index contributed by atoms with van der Waals surface area (Å²) in [5, 5.41) is 14.2. The maximum atomic E-state index is 14.1. The van der Waals surface area contributed by atoms with Crippen molar-refractivity contribution in [3.63, 3.8) is 0 Å². The smallest absolute Gasteiger partial charge is 0.248 e. The van der Waals surface area contributed by atoms with Gasteiger partial charge in [-0.25, -0.2) is 4.99 Å². The molecule has 0 spiro atoms. The van der Waals surface area contributed by atoms with Crippen molar-refractivity contribution >= 4 is 23.4 Å². The molecule has 1 fully saturated rings. The molecule has 1 amide bonds. The molecule has 2 aliphatic heterocycles. The summed E-state index contributed by atoms with van der Waals surface area (Å²) in [6.07, 6.45) is 2.27. The molecule has 2 heterocycles. The average Bonchev–Trinajstić information content (AvgIpc) is 3.62. The van der Waals surface area contributed by atoms with Crippen LogP contribution in [0.25, 0.3) is 0 Å². The van der Waals surface area contributed by atoms with Crippen molar-refractivity contribution in [3.8, 4) is 0 Å². The molecule has 4 N–H and O–H groups in total. The highest BCUT2D eigenvalue weighted by atomic mass is 35.5. The van der Waals surface area contributed by atoms with E-state index in [9.17, 15) is 9.90 Å². The van der Waals surface area contributed by atoms with Crippen LogP contribution >= 0.6 is 11.6 Å². The summed E-state index contributed by atoms with van der Waals surface area (Å²) >= 11 is 6.18. The van der Waals surface area contributed by atoms with E-state index in [-0.39, 0.29) is 31.2 Å². The second-order valence-electron chi connectivity index (χ2n) is 10.8. The number of aliphatic hydroxyl groups excluding tert-OH is 1. The van der Waals surface area contributed by atoms with Gasteiger partial charge in [-0.15, -0.1) is 0 Å². The molecule has 2 aliphatic rings. The van der Waals surface area contributed by atoms with Gasteiger partial charge in [-0.1, -0.05) is 67.6 Å². The van der Waals surface area contributed by atoms with Gasteiger partial charge in [0.05, 0.1) is 19.3 Å². The van der Waals surface area contributed by atoms with Crippen LogP contribution in [0, 0.1) is 0 Å². The number of carbonyl (C=O) groups is 1. The number of nitrogens with one attached hydrogen (secondary N) is 1. The molecule has 0 aliphatic carbocycles. The minimum atomic E-state index is -0.816. The Bertz CT molecular complexity index is 1190. The van der Waals surface area contributed by atoms with Crippen LogP contribution in [-0.4, -0.2) is 71.3 Å². The highest BCUT2D eigenvalue weighted by Gasteiger charge is 2.44. The molecule has 4 unspecified atom stereocenters. The number of hydrogen-bond acceptors (Lipinski definition) is 7. The number of aliphatic imine (C=N–C) groups is 1. The molecule has 8 nitrogen and oxygen atoms in total. The van der Waals surface area contributed by atoms with Crippen LogP contribution in [0.1, 0.15) is 44.2 Å². The first-order valence-electron chi connectivity index (χ1n) is 14.0. The molecule has 216 valence electrons. The Balaban J connectivity index is 1.52. The lowest BCUT2D eigenvalue weighted by atomic mass is 9.93. The normalized spacial score (nSPS) is 22.8. The van der Waals surface area contributed by atoms with Gasteiger partial charge in [-0.3, -0.25) is 4.79 Å². The predicted molar refractivity (Wildman–Crippen MR) is 158 cm³/mol. The standard InChI is InChI=1S/C31H41ClN4O4/c1-4-26(33)21(2)34-28(22(3)39-18-23-10-6-5-7-11-23)30(38)36-15-9-14-27(36)29-35-31(19-37,20-40-29)17-24-12-8-13-25(32)16-24/h5-8,10-13,16,22,26-28,34,37H,2,4,9,14-15,17-20,33H2,1,3H3/t22?,26?,27?,28?,31-/m0/s1. The number of halogens is 1. The Kier molecular flexibility index (Phi) is 10.2. The summed E-state index contributed by atoms with van der Waals surface area (Å²) in [5.74, 6) is 0.373. The Morgan fingerprint density at radius 2 is 2.05 bits per heavy atom. The average molecular weight is 569 g/mol. The number of benzene rings is 2. The van der Waals surface area contributed by atoms with Gasteiger partial charge in [0.2, 0.25) is 11.8 Å². The quantitative estimate of drug-likeness (QED) is 0.339. The third kappa shape index (κ3) is 7.23. The van der Waals surface area contributed by atoms with Gasteiger partial charge in [0, 0.05) is 29.7 Å². The third-order valence-electron chi connectivity index (χ3n) is 7.69. The highest BCUT2D eigenvalue weighted by Crippen LogP contribution is 2.30. The van der Waals surface area contributed by atoms with E-state index in [1.807, 2.05) is 73.3 Å². The van der Waals surface area contributed by atoms with E-state index in [4.69, 9.17) is 31.8 Å². The van der Waals surface area contributed by atoms with E-state index in [0.717, 1.165) is 24.0 Å². The van der Waals surface area contributed by atoms with Gasteiger partial charge in [0.25, 0.3) is 0 Å². The molecule has 4 rings (SSSR count). The summed E-state index contributed by atoms with van der Waals surface area (Å²) in [6.45, 7) is 8.98. The Morgan fingerprint density at radius 3 is 2.75 bits per heavy atom. The number of ether oxygens (including phenoxy) is 2. The fraction of sp³-hybridized carbons (Fsp3) is 0.484. The van der Waals surface area contributed by atoms with Crippen LogP contribution in [-0.2, 0) is 27.3 Å². The summed E-state index contributed by atoms with van der Waals surface area (Å²) < 4.78 is 12.3.